The van der Waals surface area contributed by atoms with Gasteiger partial charge >= 0.3 is 5.69 Å². The Morgan fingerprint density at radius 2 is 1.74 bits per heavy atom. The molecule has 0 radical (unpaired) electrons. The molecule has 0 saturated carbocycles. The summed E-state index contributed by atoms with van der Waals surface area (Å²) >= 11 is 0. The molecule has 0 bridgehead atoms. The first-order valence-electron chi connectivity index (χ1n) is 10.8. The summed E-state index contributed by atoms with van der Waals surface area (Å²) < 4.78 is 32.7. The predicted molar refractivity (Wildman–Crippen MR) is 136 cm³/mol. The molecule has 0 atom stereocenters. The summed E-state index contributed by atoms with van der Waals surface area (Å²) in [5.74, 6) is 0.711. The van der Waals surface area contributed by atoms with E-state index in [1.165, 1.54) is 16.8 Å². The Balaban J connectivity index is 2.12. The summed E-state index contributed by atoms with van der Waals surface area (Å²) in [5, 5.41) is 0. The van der Waals surface area contributed by atoms with Crippen LogP contribution in [0, 0.1) is 0 Å². The number of benzene rings is 2. The van der Waals surface area contributed by atoms with Crippen molar-refractivity contribution in [3.05, 3.63) is 86.2 Å². The largest absolute Gasteiger partial charge is 0.493 e. The second kappa shape index (κ2) is 9.72. The van der Waals surface area contributed by atoms with Crippen LogP contribution in [0.15, 0.2) is 58.3 Å². The highest BCUT2D eigenvalue weighted by Crippen LogP contribution is 2.37. The Morgan fingerprint density at radius 3 is 2.29 bits per heavy atom. The van der Waals surface area contributed by atoms with Gasteiger partial charge < -0.3 is 4.74 Å². The molecule has 1 heterocycles. The quantitative estimate of drug-likeness (QED) is 0.497. The average Bonchev–Trinajstić information content (AvgIpc) is 2.72. The lowest BCUT2D eigenvalue weighted by atomic mass is 9.84. The van der Waals surface area contributed by atoms with E-state index in [2.05, 4.69) is 30.5 Å². The lowest BCUT2D eigenvalue weighted by molar-refractivity contribution is 0.329. The van der Waals surface area contributed by atoms with E-state index in [1.54, 1.807) is 24.3 Å². The molecule has 34 heavy (non-hydrogen) atoms. The Hall–Kier alpha value is -3.59. The number of hydrogen-bond donors (Lipinski definition) is 2. The molecule has 0 aliphatic rings. The molecule has 9 heteroatoms. The lowest BCUT2D eigenvalue weighted by Crippen LogP contribution is -2.28. The Kier molecular flexibility index (Phi) is 7.16. The molecule has 8 nitrogen and oxygen atoms in total. The molecule has 0 saturated heterocycles. The minimum absolute atomic E-state index is 0.284. The molecular weight excluding hydrogens is 454 g/mol. The van der Waals surface area contributed by atoms with E-state index in [0.717, 1.165) is 22.9 Å². The minimum Gasteiger partial charge on any atom is -0.493 e. The first-order valence-corrected chi connectivity index (χ1v) is 12.7. The van der Waals surface area contributed by atoms with E-state index >= 15 is 0 Å². The molecule has 0 fully saturated rings. The van der Waals surface area contributed by atoms with Crippen molar-refractivity contribution < 1.29 is 13.2 Å². The predicted octanol–water partition coefficient (Wildman–Crippen LogP) is 3.76. The number of nitrogens with one attached hydrogen (secondary N) is 2. The van der Waals surface area contributed by atoms with Crippen LogP contribution in [0.5, 0.6) is 5.75 Å². The zero-order valence-electron chi connectivity index (χ0n) is 19.9. The maximum atomic E-state index is 12.4. The number of sulfonamides is 1. The highest BCUT2D eigenvalue weighted by atomic mass is 32.2. The fourth-order valence-electron chi connectivity index (χ4n) is 3.44. The molecule has 3 rings (SSSR count). The van der Waals surface area contributed by atoms with Crippen LogP contribution in [0.1, 0.15) is 44.4 Å². The maximum absolute atomic E-state index is 12.4. The molecule has 0 spiro atoms. The standard InChI is InChI=1S/C25H29N3O5S/c1-6-33-23-18(10-7-17-8-11-19(12-9-17)27-34(5,31)32)15-20(16-21(23)25(2,3)4)28-14-13-22(29)26-24(28)30/h7-16,27H,6H2,1-5H3,(H,26,29,30). The van der Waals surface area contributed by atoms with Gasteiger partial charge in [-0.25, -0.2) is 13.2 Å². The summed E-state index contributed by atoms with van der Waals surface area (Å²) in [4.78, 5) is 26.3. The first kappa shape index (κ1) is 25.0. The van der Waals surface area contributed by atoms with Crippen LogP contribution >= 0.6 is 0 Å². The first-order chi connectivity index (χ1) is 15.9. The molecule has 0 aliphatic carbocycles. The number of H-pyrrole nitrogens is 1. The summed E-state index contributed by atoms with van der Waals surface area (Å²) in [5.41, 5.74) is 2.33. The Labute approximate surface area is 199 Å². The number of rotatable bonds is 7. The number of aromatic nitrogens is 2. The monoisotopic (exact) mass is 483 g/mol. The third-order valence-electron chi connectivity index (χ3n) is 4.97. The smallest absolute Gasteiger partial charge is 0.332 e. The second-order valence-corrected chi connectivity index (χ2v) is 10.7. The molecule has 2 aromatic carbocycles. The Morgan fingerprint density at radius 1 is 1.06 bits per heavy atom. The van der Waals surface area contributed by atoms with Gasteiger partial charge in [-0.1, -0.05) is 45.1 Å². The van der Waals surface area contributed by atoms with Gasteiger partial charge in [0.2, 0.25) is 10.0 Å². The van der Waals surface area contributed by atoms with Gasteiger partial charge in [0.1, 0.15) is 5.75 Å². The SMILES string of the molecule is CCOc1c(C=Cc2ccc(NS(C)(=O)=O)cc2)cc(-n2ccc(=O)[nH]c2=O)cc1C(C)(C)C. The van der Waals surface area contributed by atoms with E-state index in [-0.39, 0.29) is 5.41 Å². The molecule has 1 aromatic heterocycles. The van der Waals surface area contributed by atoms with Gasteiger partial charge in [0.25, 0.3) is 5.56 Å². The van der Waals surface area contributed by atoms with Crippen molar-refractivity contribution in [2.24, 2.45) is 0 Å². The Bertz CT molecular complexity index is 1430. The number of nitrogens with zero attached hydrogens (tertiary/aromatic N) is 1. The van der Waals surface area contributed by atoms with Gasteiger partial charge in [0.05, 0.1) is 18.6 Å². The van der Waals surface area contributed by atoms with Gasteiger partial charge in [0.15, 0.2) is 0 Å². The average molecular weight is 484 g/mol. The van der Waals surface area contributed by atoms with Gasteiger partial charge in [-0.05, 0) is 42.2 Å². The van der Waals surface area contributed by atoms with E-state index in [9.17, 15) is 18.0 Å². The van der Waals surface area contributed by atoms with E-state index in [4.69, 9.17) is 4.74 Å². The van der Waals surface area contributed by atoms with Gasteiger partial charge in [0, 0.05) is 29.1 Å². The van der Waals surface area contributed by atoms with Crippen LogP contribution in [-0.4, -0.2) is 30.8 Å². The third-order valence-corrected chi connectivity index (χ3v) is 5.58. The van der Waals surface area contributed by atoms with Crippen molar-refractivity contribution in [3.8, 4) is 11.4 Å². The molecule has 0 aliphatic heterocycles. The number of aromatic amines is 1. The third kappa shape index (κ3) is 6.26. The van der Waals surface area contributed by atoms with Crippen molar-refractivity contribution in [1.29, 1.82) is 0 Å². The molecule has 180 valence electrons. The summed E-state index contributed by atoms with van der Waals surface area (Å²) in [6, 6.07) is 12.0. The lowest BCUT2D eigenvalue weighted by Gasteiger charge is -2.25. The number of anilines is 1. The minimum atomic E-state index is -3.35. The van der Waals surface area contributed by atoms with Crippen LogP contribution in [0.2, 0.25) is 0 Å². The summed E-state index contributed by atoms with van der Waals surface area (Å²) in [6.45, 7) is 8.56. The van der Waals surface area contributed by atoms with Crippen molar-refractivity contribution in [2.75, 3.05) is 17.6 Å². The fourth-order valence-corrected chi connectivity index (χ4v) is 4.01. The van der Waals surface area contributed by atoms with Crippen LogP contribution in [-0.2, 0) is 15.4 Å². The van der Waals surface area contributed by atoms with E-state index < -0.39 is 21.3 Å². The van der Waals surface area contributed by atoms with Crippen molar-refractivity contribution in [3.63, 3.8) is 0 Å². The highest BCUT2D eigenvalue weighted by molar-refractivity contribution is 7.92. The van der Waals surface area contributed by atoms with Crippen LogP contribution in [0.25, 0.3) is 17.8 Å². The topological polar surface area (TPSA) is 110 Å². The van der Waals surface area contributed by atoms with Crippen LogP contribution in [0.4, 0.5) is 5.69 Å². The van der Waals surface area contributed by atoms with E-state index in [1.807, 2.05) is 31.2 Å². The zero-order chi connectivity index (χ0) is 25.1. The van der Waals surface area contributed by atoms with E-state index in [0.29, 0.717) is 23.7 Å². The molecular formula is C25H29N3O5S. The van der Waals surface area contributed by atoms with Crippen LogP contribution < -0.4 is 20.7 Å². The van der Waals surface area contributed by atoms with Crippen molar-refractivity contribution in [1.82, 2.24) is 9.55 Å². The normalized spacial score (nSPS) is 12.1. The number of ether oxygens (including phenoxy) is 1. The van der Waals surface area contributed by atoms with Crippen molar-refractivity contribution >= 4 is 27.9 Å². The zero-order valence-corrected chi connectivity index (χ0v) is 20.7. The molecule has 0 amide bonds. The maximum Gasteiger partial charge on any atom is 0.332 e. The second-order valence-electron chi connectivity index (χ2n) is 8.90. The summed E-state index contributed by atoms with van der Waals surface area (Å²) in [6.07, 6.45) is 6.32. The number of hydrogen-bond acceptors (Lipinski definition) is 5. The van der Waals surface area contributed by atoms with Gasteiger partial charge in [-0.15, -0.1) is 0 Å². The highest BCUT2D eigenvalue weighted by Gasteiger charge is 2.23. The summed E-state index contributed by atoms with van der Waals surface area (Å²) in [7, 11) is -3.35. The molecule has 2 N–H and O–H groups in total. The molecule has 0 unspecified atom stereocenters. The van der Waals surface area contributed by atoms with Gasteiger partial charge in [-0.2, -0.15) is 0 Å². The van der Waals surface area contributed by atoms with Gasteiger partial charge in [-0.3, -0.25) is 19.1 Å². The van der Waals surface area contributed by atoms with Crippen molar-refractivity contribution in [2.45, 2.75) is 33.1 Å². The van der Waals surface area contributed by atoms with Crippen LogP contribution in [0.3, 0.4) is 0 Å². The molecule has 3 aromatic rings. The fraction of sp³-hybridized carbons (Fsp3) is 0.280.